The maximum Gasteiger partial charge on any atom is 0.310 e. The van der Waals surface area contributed by atoms with E-state index in [9.17, 15) is 15.2 Å². The van der Waals surface area contributed by atoms with Gasteiger partial charge in [0.2, 0.25) is 0 Å². The molecule has 1 aromatic carbocycles. The third-order valence-corrected chi connectivity index (χ3v) is 2.96. The second-order valence-electron chi connectivity index (χ2n) is 4.05. The third kappa shape index (κ3) is 2.14. The molecule has 1 aromatic rings. The molecule has 2 N–H and O–H groups in total. The van der Waals surface area contributed by atoms with Gasteiger partial charge in [0.05, 0.1) is 4.92 Å². The Morgan fingerprint density at radius 3 is 2.88 bits per heavy atom. The molecule has 0 aliphatic carbocycles. The van der Waals surface area contributed by atoms with E-state index in [0.717, 1.165) is 31.5 Å². The van der Waals surface area contributed by atoms with Crippen LogP contribution in [0.25, 0.3) is 0 Å². The maximum absolute atomic E-state index is 10.5. The minimum Gasteiger partial charge on any atom is -0.502 e. The number of nitrogens with zero attached hydrogens (tertiary/aromatic N) is 1. The van der Waals surface area contributed by atoms with E-state index in [1.54, 1.807) is 6.07 Å². The quantitative estimate of drug-likeness (QED) is 0.590. The lowest BCUT2D eigenvalue weighted by Crippen LogP contribution is -2.28. The lowest BCUT2D eigenvalue weighted by atomic mass is 9.91. The molecule has 1 unspecified atom stereocenters. The van der Waals surface area contributed by atoms with Crippen LogP contribution in [-0.2, 0) is 0 Å². The molecule has 0 saturated carbocycles. The number of phenols is 1. The van der Waals surface area contributed by atoms with Crippen LogP contribution < -0.4 is 5.32 Å². The number of hydrogen-bond donors (Lipinski definition) is 2. The lowest BCUT2D eigenvalue weighted by molar-refractivity contribution is -0.385. The highest BCUT2D eigenvalue weighted by atomic mass is 16.6. The molecule has 1 aliphatic heterocycles. The summed E-state index contributed by atoms with van der Waals surface area (Å²) in [6.45, 7) is 1.90. The number of piperidine rings is 1. The molecule has 16 heavy (non-hydrogen) atoms. The van der Waals surface area contributed by atoms with Crippen molar-refractivity contribution in [3.63, 3.8) is 0 Å². The first-order valence-electron chi connectivity index (χ1n) is 5.36. The van der Waals surface area contributed by atoms with Crippen molar-refractivity contribution in [3.8, 4) is 5.75 Å². The Morgan fingerprint density at radius 2 is 2.31 bits per heavy atom. The summed E-state index contributed by atoms with van der Waals surface area (Å²) in [4.78, 5) is 9.97. The normalized spacial score (nSPS) is 20.6. The van der Waals surface area contributed by atoms with Crippen molar-refractivity contribution in [1.29, 1.82) is 0 Å². The molecule has 86 valence electrons. The number of nitro groups is 1. The second kappa shape index (κ2) is 4.49. The summed E-state index contributed by atoms with van der Waals surface area (Å²) in [5.74, 6) is 0.105. The minimum atomic E-state index is -0.571. The molecule has 5 heteroatoms. The Kier molecular flexibility index (Phi) is 3.05. The molecule has 2 rings (SSSR count). The van der Waals surface area contributed by atoms with Crippen molar-refractivity contribution in [2.24, 2.45) is 0 Å². The zero-order valence-corrected chi connectivity index (χ0v) is 8.85. The van der Waals surface area contributed by atoms with Crippen LogP contribution in [0.5, 0.6) is 5.75 Å². The van der Waals surface area contributed by atoms with Gasteiger partial charge in [-0.2, -0.15) is 0 Å². The number of nitro benzene ring substituents is 1. The van der Waals surface area contributed by atoms with Crippen LogP contribution in [0.1, 0.15) is 24.3 Å². The van der Waals surface area contributed by atoms with Crippen LogP contribution in [0.3, 0.4) is 0 Å². The van der Waals surface area contributed by atoms with E-state index < -0.39 is 4.92 Å². The van der Waals surface area contributed by atoms with Crippen molar-refractivity contribution >= 4 is 5.69 Å². The summed E-state index contributed by atoms with van der Waals surface area (Å²) in [7, 11) is 0. The molecule has 1 saturated heterocycles. The van der Waals surface area contributed by atoms with E-state index >= 15 is 0 Å². The topological polar surface area (TPSA) is 75.4 Å². The second-order valence-corrected chi connectivity index (χ2v) is 4.05. The fourth-order valence-corrected chi connectivity index (χ4v) is 2.09. The summed E-state index contributed by atoms with van der Waals surface area (Å²) in [5, 5.41) is 23.3. The maximum atomic E-state index is 10.5. The number of nitrogens with one attached hydrogen (secondary N) is 1. The molecule has 1 fully saturated rings. The molecule has 0 radical (unpaired) electrons. The largest absolute Gasteiger partial charge is 0.502 e. The van der Waals surface area contributed by atoms with Crippen molar-refractivity contribution in [2.45, 2.75) is 18.8 Å². The van der Waals surface area contributed by atoms with E-state index in [1.165, 1.54) is 12.1 Å². The van der Waals surface area contributed by atoms with E-state index in [0.29, 0.717) is 5.92 Å². The van der Waals surface area contributed by atoms with Crippen LogP contribution >= 0.6 is 0 Å². The molecule has 0 spiro atoms. The highest BCUT2D eigenvalue weighted by Gasteiger charge is 2.19. The van der Waals surface area contributed by atoms with Crippen molar-refractivity contribution in [3.05, 3.63) is 33.9 Å². The molecule has 1 heterocycles. The molecular weight excluding hydrogens is 208 g/mol. The predicted octanol–water partition coefficient (Wildman–Crippen LogP) is 1.77. The first-order chi connectivity index (χ1) is 7.68. The fraction of sp³-hybridized carbons (Fsp3) is 0.455. The number of phenolic OH excluding ortho intramolecular Hbond substituents is 1. The van der Waals surface area contributed by atoms with Gasteiger partial charge >= 0.3 is 5.69 Å². The number of benzene rings is 1. The molecule has 1 aliphatic rings. The van der Waals surface area contributed by atoms with Crippen molar-refractivity contribution in [1.82, 2.24) is 5.32 Å². The molecule has 5 nitrogen and oxygen atoms in total. The minimum absolute atomic E-state index is 0.229. The molecule has 0 amide bonds. The van der Waals surface area contributed by atoms with Gasteiger partial charge < -0.3 is 10.4 Å². The van der Waals surface area contributed by atoms with E-state index in [-0.39, 0.29) is 11.4 Å². The fourth-order valence-electron chi connectivity index (χ4n) is 2.09. The molecule has 1 atom stereocenters. The number of rotatable bonds is 2. The summed E-state index contributed by atoms with van der Waals surface area (Å²) in [6.07, 6.45) is 2.16. The van der Waals surface area contributed by atoms with Crippen molar-refractivity contribution in [2.75, 3.05) is 13.1 Å². The Labute approximate surface area is 93.2 Å². The van der Waals surface area contributed by atoms with Crippen LogP contribution in [0, 0.1) is 10.1 Å². The van der Waals surface area contributed by atoms with E-state index in [1.807, 2.05) is 0 Å². The Morgan fingerprint density at radius 1 is 1.50 bits per heavy atom. The number of hydrogen-bond acceptors (Lipinski definition) is 4. The van der Waals surface area contributed by atoms with Crippen molar-refractivity contribution < 1.29 is 10.0 Å². The third-order valence-electron chi connectivity index (χ3n) is 2.96. The Hall–Kier alpha value is -1.62. The average molecular weight is 222 g/mol. The zero-order chi connectivity index (χ0) is 11.5. The van der Waals surface area contributed by atoms with Gasteiger partial charge in [0, 0.05) is 12.6 Å². The summed E-state index contributed by atoms with van der Waals surface area (Å²) >= 11 is 0. The number of aromatic hydroxyl groups is 1. The van der Waals surface area contributed by atoms with Crippen LogP contribution in [0.15, 0.2) is 18.2 Å². The monoisotopic (exact) mass is 222 g/mol. The Bertz CT molecular complexity index is 400. The van der Waals surface area contributed by atoms with Gasteiger partial charge in [0.1, 0.15) is 0 Å². The molecule has 0 bridgehead atoms. The zero-order valence-electron chi connectivity index (χ0n) is 8.85. The van der Waals surface area contributed by atoms with Crippen LogP contribution in [-0.4, -0.2) is 23.1 Å². The van der Waals surface area contributed by atoms with Gasteiger partial charge in [0.15, 0.2) is 5.75 Å². The van der Waals surface area contributed by atoms with Gasteiger partial charge in [-0.15, -0.1) is 0 Å². The standard InChI is InChI=1S/C11H14N2O3/c14-11-6-8(3-4-10(11)13(15)16)9-2-1-5-12-7-9/h3-4,6,9,12,14H,1-2,5,7H2. The average Bonchev–Trinajstić information content (AvgIpc) is 2.29. The van der Waals surface area contributed by atoms with Crippen LogP contribution in [0.4, 0.5) is 5.69 Å². The summed E-state index contributed by atoms with van der Waals surface area (Å²) in [6, 6.07) is 4.62. The Balaban J connectivity index is 2.23. The van der Waals surface area contributed by atoms with Gasteiger partial charge in [-0.25, -0.2) is 0 Å². The van der Waals surface area contributed by atoms with Gasteiger partial charge in [-0.1, -0.05) is 6.07 Å². The van der Waals surface area contributed by atoms with Gasteiger partial charge in [-0.05, 0) is 36.9 Å². The first kappa shape index (κ1) is 10.9. The van der Waals surface area contributed by atoms with Crippen LogP contribution in [0.2, 0.25) is 0 Å². The summed E-state index contributed by atoms with van der Waals surface area (Å²) in [5.41, 5.74) is 0.739. The summed E-state index contributed by atoms with van der Waals surface area (Å²) < 4.78 is 0. The first-order valence-corrected chi connectivity index (χ1v) is 5.36. The predicted molar refractivity (Wildman–Crippen MR) is 59.6 cm³/mol. The SMILES string of the molecule is O=[N+]([O-])c1ccc(C2CCCNC2)cc1O. The van der Waals surface area contributed by atoms with E-state index in [2.05, 4.69) is 5.32 Å². The highest BCUT2D eigenvalue weighted by Crippen LogP contribution is 2.31. The van der Waals surface area contributed by atoms with E-state index in [4.69, 9.17) is 0 Å². The molecule has 0 aromatic heterocycles. The molecular formula is C11H14N2O3. The van der Waals surface area contributed by atoms with Gasteiger partial charge in [-0.3, -0.25) is 10.1 Å². The highest BCUT2D eigenvalue weighted by molar-refractivity contribution is 5.48. The lowest BCUT2D eigenvalue weighted by Gasteiger charge is -2.23. The van der Waals surface area contributed by atoms with Gasteiger partial charge in [0.25, 0.3) is 0 Å². The smallest absolute Gasteiger partial charge is 0.310 e.